The van der Waals surface area contributed by atoms with E-state index in [9.17, 15) is 4.79 Å². The second kappa shape index (κ2) is 4.90. The van der Waals surface area contributed by atoms with Gasteiger partial charge >= 0.3 is 0 Å². The Morgan fingerprint density at radius 1 is 1.33 bits per heavy atom. The lowest BCUT2D eigenvalue weighted by atomic mass is 10.1. The van der Waals surface area contributed by atoms with Crippen LogP contribution in [0.5, 0.6) is 5.75 Å². The summed E-state index contributed by atoms with van der Waals surface area (Å²) in [4.78, 5) is 16.0. The van der Waals surface area contributed by atoms with E-state index in [-0.39, 0.29) is 0 Å². The summed E-state index contributed by atoms with van der Waals surface area (Å²) < 4.78 is 6.82. The van der Waals surface area contributed by atoms with E-state index in [1.54, 1.807) is 11.6 Å². The van der Waals surface area contributed by atoms with Crippen LogP contribution in [-0.2, 0) is 0 Å². The second-order valence-electron chi connectivity index (χ2n) is 4.67. The van der Waals surface area contributed by atoms with E-state index < -0.39 is 5.91 Å². The first-order valence-corrected chi connectivity index (χ1v) is 6.40. The van der Waals surface area contributed by atoms with Crippen molar-refractivity contribution in [2.24, 2.45) is 5.73 Å². The first-order chi connectivity index (χ1) is 10.1. The molecule has 0 atom stereocenters. The zero-order valence-electron chi connectivity index (χ0n) is 11.7. The molecule has 3 rings (SSSR count). The van der Waals surface area contributed by atoms with E-state index >= 15 is 0 Å². The predicted molar refractivity (Wildman–Crippen MR) is 78.2 cm³/mol. The Morgan fingerprint density at radius 3 is 2.86 bits per heavy atom. The van der Waals surface area contributed by atoms with E-state index in [1.165, 1.54) is 6.20 Å². The number of carbonyl (C=O) groups is 1. The molecule has 0 fully saturated rings. The Hall–Kier alpha value is -2.89. The number of methoxy groups -OCH3 is 1. The molecule has 0 saturated heterocycles. The highest BCUT2D eigenvalue weighted by Gasteiger charge is 2.14. The maximum absolute atomic E-state index is 11.4. The average molecular weight is 282 g/mol. The zero-order chi connectivity index (χ0) is 15.0. The molecule has 6 nitrogen and oxygen atoms in total. The molecule has 0 bridgehead atoms. The van der Waals surface area contributed by atoms with Gasteiger partial charge in [0.25, 0.3) is 5.91 Å². The molecule has 6 heteroatoms. The highest BCUT2D eigenvalue weighted by atomic mass is 16.5. The lowest BCUT2D eigenvalue weighted by molar-refractivity contribution is 0.100. The summed E-state index contributed by atoms with van der Waals surface area (Å²) in [6, 6.07) is 9.47. The largest absolute Gasteiger partial charge is 0.497 e. The molecule has 106 valence electrons. The van der Waals surface area contributed by atoms with Crippen molar-refractivity contribution in [1.82, 2.24) is 14.6 Å². The van der Waals surface area contributed by atoms with Crippen LogP contribution in [0.1, 0.15) is 16.1 Å². The van der Waals surface area contributed by atoms with E-state index in [0.717, 1.165) is 22.7 Å². The van der Waals surface area contributed by atoms with Gasteiger partial charge in [0.15, 0.2) is 5.65 Å². The number of hydrogen-bond donors (Lipinski definition) is 1. The van der Waals surface area contributed by atoms with E-state index in [0.29, 0.717) is 11.2 Å². The molecule has 2 heterocycles. The van der Waals surface area contributed by atoms with Gasteiger partial charge in [0.05, 0.1) is 19.0 Å². The Labute approximate surface area is 121 Å². The number of nitrogens with two attached hydrogens (primary N) is 1. The van der Waals surface area contributed by atoms with Gasteiger partial charge in [-0.2, -0.15) is 5.10 Å². The number of primary amides is 1. The monoisotopic (exact) mass is 282 g/mol. The molecule has 3 aromatic rings. The first kappa shape index (κ1) is 13.1. The van der Waals surface area contributed by atoms with Crippen LogP contribution in [0, 0.1) is 6.92 Å². The zero-order valence-corrected chi connectivity index (χ0v) is 11.7. The Morgan fingerprint density at radius 2 is 2.14 bits per heavy atom. The quantitative estimate of drug-likeness (QED) is 0.794. The van der Waals surface area contributed by atoms with E-state index in [4.69, 9.17) is 10.5 Å². The molecule has 1 amide bonds. The molecule has 0 aliphatic heterocycles. The molecule has 0 aliphatic rings. The van der Waals surface area contributed by atoms with Gasteiger partial charge in [-0.3, -0.25) is 4.79 Å². The van der Waals surface area contributed by atoms with Crippen molar-refractivity contribution in [3.8, 4) is 17.0 Å². The number of carbonyl (C=O) groups excluding carboxylic acids is 1. The average Bonchev–Trinajstić information content (AvgIpc) is 2.92. The lowest BCUT2D eigenvalue weighted by Gasteiger charge is -2.07. The van der Waals surface area contributed by atoms with Gasteiger partial charge in [-0.1, -0.05) is 12.1 Å². The maximum Gasteiger partial charge on any atom is 0.254 e. The van der Waals surface area contributed by atoms with Crippen LogP contribution in [0.15, 0.2) is 36.5 Å². The van der Waals surface area contributed by atoms with Crippen molar-refractivity contribution < 1.29 is 9.53 Å². The Balaban J connectivity index is 2.23. The number of benzene rings is 1. The van der Waals surface area contributed by atoms with Crippen molar-refractivity contribution >= 4 is 11.6 Å². The molecule has 0 saturated carbocycles. The molecular weight excluding hydrogens is 268 g/mol. The first-order valence-electron chi connectivity index (χ1n) is 6.40. The van der Waals surface area contributed by atoms with Gasteiger partial charge in [0.2, 0.25) is 0 Å². The minimum absolute atomic E-state index is 0.308. The van der Waals surface area contributed by atoms with E-state index in [2.05, 4.69) is 10.1 Å². The van der Waals surface area contributed by atoms with Gasteiger partial charge in [0.1, 0.15) is 11.3 Å². The van der Waals surface area contributed by atoms with Crippen molar-refractivity contribution in [3.63, 3.8) is 0 Å². The molecule has 0 unspecified atom stereocenters. The summed E-state index contributed by atoms with van der Waals surface area (Å²) in [5.41, 5.74) is 8.63. The number of nitrogens with zero attached hydrogens (tertiary/aromatic N) is 3. The maximum atomic E-state index is 11.4. The number of rotatable bonds is 3. The van der Waals surface area contributed by atoms with E-state index in [1.807, 2.05) is 37.3 Å². The molecule has 2 aromatic heterocycles. The van der Waals surface area contributed by atoms with Gasteiger partial charge in [-0.15, -0.1) is 0 Å². The molecular formula is C15H14N4O2. The molecule has 1 aromatic carbocycles. The van der Waals surface area contributed by atoms with Crippen LogP contribution >= 0.6 is 0 Å². The van der Waals surface area contributed by atoms with Crippen LogP contribution in [-0.4, -0.2) is 27.6 Å². The minimum Gasteiger partial charge on any atom is -0.497 e. The number of amides is 1. The van der Waals surface area contributed by atoms with Crippen LogP contribution in [0.2, 0.25) is 0 Å². The predicted octanol–water partition coefficient (Wildman–Crippen LogP) is 1.81. The molecule has 0 aliphatic carbocycles. The topological polar surface area (TPSA) is 82.5 Å². The lowest BCUT2D eigenvalue weighted by Crippen LogP contribution is -2.11. The van der Waals surface area contributed by atoms with Crippen LogP contribution in [0.3, 0.4) is 0 Å². The molecule has 0 spiro atoms. The van der Waals surface area contributed by atoms with Crippen molar-refractivity contribution in [2.45, 2.75) is 6.92 Å². The Kier molecular flexibility index (Phi) is 3.06. The fraction of sp³-hybridized carbons (Fsp3) is 0.133. The molecule has 21 heavy (non-hydrogen) atoms. The SMILES string of the molecule is COc1cccc(-c2cc(C)n3ncc(C(N)=O)c3n2)c1. The summed E-state index contributed by atoms with van der Waals surface area (Å²) in [6.45, 7) is 1.90. The fourth-order valence-corrected chi connectivity index (χ4v) is 2.22. The van der Waals surface area contributed by atoms with Gasteiger partial charge < -0.3 is 10.5 Å². The van der Waals surface area contributed by atoms with Crippen LogP contribution in [0.4, 0.5) is 0 Å². The summed E-state index contributed by atoms with van der Waals surface area (Å²) in [5.74, 6) is 0.204. The third kappa shape index (κ3) is 2.20. The van der Waals surface area contributed by atoms with Crippen LogP contribution < -0.4 is 10.5 Å². The van der Waals surface area contributed by atoms with Crippen molar-refractivity contribution in [3.05, 3.63) is 47.8 Å². The second-order valence-corrected chi connectivity index (χ2v) is 4.67. The number of fused-ring (bicyclic) bond motifs is 1. The Bertz CT molecular complexity index is 839. The summed E-state index contributed by atoms with van der Waals surface area (Å²) in [5, 5.41) is 4.14. The van der Waals surface area contributed by atoms with Gasteiger partial charge in [-0.05, 0) is 25.1 Å². The molecule has 2 N–H and O–H groups in total. The number of aryl methyl sites for hydroxylation is 1. The summed E-state index contributed by atoms with van der Waals surface area (Å²) in [7, 11) is 1.61. The standard InChI is InChI=1S/C15H14N4O2/c1-9-6-13(10-4-3-5-11(7-10)21-2)18-15-12(14(16)20)8-17-19(9)15/h3-8H,1-2H3,(H2,16,20). The van der Waals surface area contributed by atoms with Crippen LogP contribution in [0.25, 0.3) is 16.9 Å². The normalized spacial score (nSPS) is 10.8. The van der Waals surface area contributed by atoms with Crippen molar-refractivity contribution in [2.75, 3.05) is 7.11 Å². The summed E-state index contributed by atoms with van der Waals surface area (Å²) >= 11 is 0. The highest BCUT2D eigenvalue weighted by molar-refractivity contribution is 5.98. The molecule has 0 radical (unpaired) electrons. The van der Waals surface area contributed by atoms with Gasteiger partial charge in [-0.25, -0.2) is 9.50 Å². The number of ether oxygens (including phenoxy) is 1. The highest BCUT2D eigenvalue weighted by Crippen LogP contribution is 2.24. The van der Waals surface area contributed by atoms with Gasteiger partial charge in [0, 0.05) is 11.3 Å². The third-order valence-electron chi connectivity index (χ3n) is 3.28. The fourth-order valence-electron chi connectivity index (χ4n) is 2.22. The van der Waals surface area contributed by atoms with Crippen molar-refractivity contribution in [1.29, 1.82) is 0 Å². The smallest absolute Gasteiger partial charge is 0.254 e. The number of hydrogen-bond acceptors (Lipinski definition) is 4. The third-order valence-corrected chi connectivity index (χ3v) is 3.28. The summed E-state index contributed by atoms with van der Waals surface area (Å²) in [6.07, 6.45) is 1.44. The number of aromatic nitrogens is 3. The minimum atomic E-state index is -0.542.